The molecule has 1 aromatic carbocycles. The summed E-state index contributed by atoms with van der Waals surface area (Å²) < 4.78 is 55.7. The molecule has 5 heteroatoms. The van der Waals surface area contributed by atoms with Crippen LogP contribution >= 0.6 is 0 Å². The Morgan fingerprint density at radius 3 is 1.84 bits per heavy atom. The van der Waals surface area contributed by atoms with Crippen molar-refractivity contribution >= 4 is 0 Å². The molecule has 2 fully saturated rings. The van der Waals surface area contributed by atoms with Gasteiger partial charge in [0.05, 0.1) is 0 Å². The largest absolute Gasteiger partial charge is 0.412 e. The van der Waals surface area contributed by atoms with Crippen LogP contribution in [0.3, 0.4) is 0 Å². The third kappa shape index (κ3) is 4.36. The van der Waals surface area contributed by atoms with Crippen LogP contribution < -0.4 is 0 Å². The van der Waals surface area contributed by atoms with Gasteiger partial charge in [0, 0.05) is 11.5 Å². The number of halogens is 4. The summed E-state index contributed by atoms with van der Waals surface area (Å²) in [6.07, 6.45) is 7.61. The molecule has 2 aliphatic carbocycles. The molecule has 2 saturated carbocycles. The molecule has 0 aliphatic heterocycles. The maximum atomic E-state index is 14.7. The van der Waals surface area contributed by atoms with E-state index >= 15 is 0 Å². The quantitative estimate of drug-likeness (QED) is 0.604. The monoisotopic (exact) mass is 360 g/mol. The van der Waals surface area contributed by atoms with Crippen LogP contribution in [-0.4, -0.2) is 5.48 Å². The maximum absolute atomic E-state index is 14.7. The molecule has 0 unspecified atom stereocenters. The van der Waals surface area contributed by atoms with Crippen LogP contribution in [0, 0.1) is 35.3 Å². The summed E-state index contributed by atoms with van der Waals surface area (Å²) >= 11 is 0. The summed E-state index contributed by atoms with van der Waals surface area (Å²) in [5, 5.41) is 0. The van der Waals surface area contributed by atoms with Gasteiger partial charge in [0.2, 0.25) is 0 Å². The molecular weight excluding hydrogens is 332 g/mol. The van der Waals surface area contributed by atoms with Gasteiger partial charge in [-0.2, -0.15) is 0 Å². The molecule has 0 bridgehead atoms. The van der Waals surface area contributed by atoms with Crippen molar-refractivity contribution in [1.82, 2.24) is 0 Å². The van der Waals surface area contributed by atoms with Gasteiger partial charge in [-0.25, -0.2) is 17.6 Å². The number of hydrogen-bond donors (Lipinski definition) is 0. The summed E-state index contributed by atoms with van der Waals surface area (Å²) in [6, 6.07) is 2.48. The smallest absolute Gasteiger partial charge is 0.276 e. The Morgan fingerprint density at radius 2 is 1.32 bits per heavy atom. The first kappa shape index (κ1) is 20.2. The van der Waals surface area contributed by atoms with Crippen LogP contribution in [0.15, 0.2) is 18.2 Å². The zero-order valence-electron chi connectivity index (χ0n) is 14.7. The Balaban J connectivity index is 0.00000225. The van der Waals surface area contributed by atoms with Gasteiger partial charge in [-0.1, -0.05) is 19.8 Å². The van der Waals surface area contributed by atoms with E-state index in [4.69, 9.17) is 0 Å². The summed E-state index contributed by atoms with van der Waals surface area (Å²) in [7, 11) is 0. The molecule has 0 saturated heterocycles. The van der Waals surface area contributed by atoms with Crippen molar-refractivity contribution in [1.29, 1.82) is 0 Å². The summed E-state index contributed by atoms with van der Waals surface area (Å²) in [5.41, 5.74) is -0.392. The minimum Gasteiger partial charge on any atom is -0.412 e. The molecule has 0 heterocycles. The summed E-state index contributed by atoms with van der Waals surface area (Å²) in [5.74, 6) is -4.06. The van der Waals surface area contributed by atoms with Gasteiger partial charge in [0.25, 0.3) is 5.92 Å². The van der Waals surface area contributed by atoms with Crippen molar-refractivity contribution in [2.24, 2.45) is 23.7 Å². The molecule has 0 amide bonds. The highest BCUT2D eigenvalue weighted by Crippen LogP contribution is 2.48. The predicted molar refractivity (Wildman–Crippen MR) is 90.4 cm³/mol. The molecule has 25 heavy (non-hydrogen) atoms. The van der Waals surface area contributed by atoms with E-state index in [2.05, 4.69) is 6.92 Å². The molecule has 1 nitrogen and oxygen atoms in total. The van der Waals surface area contributed by atoms with Gasteiger partial charge >= 0.3 is 0 Å². The van der Waals surface area contributed by atoms with Gasteiger partial charge in [0.15, 0.2) is 11.6 Å². The normalized spacial score (nSPS) is 30.6. The van der Waals surface area contributed by atoms with Gasteiger partial charge in [-0.05, 0) is 74.5 Å². The Labute approximate surface area is 147 Å². The maximum Gasteiger partial charge on any atom is 0.276 e. The minimum atomic E-state index is -3.08. The van der Waals surface area contributed by atoms with E-state index in [1.165, 1.54) is 25.7 Å². The average Bonchev–Trinajstić information content (AvgIpc) is 2.58. The van der Waals surface area contributed by atoms with Crippen molar-refractivity contribution in [2.75, 3.05) is 0 Å². The van der Waals surface area contributed by atoms with Crippen LogP contribution in [0.5, 0.6) is 0 Å². The van der Waals surface area contributed by atoms with E-state index in [1.807, 2.05) is 0 Å². The van der Waals surface area contributed by atoms with E-state index in [-0.39, 0.29) is 5.48 Å². The highest BCUT2D eigenvalue weighted by molar-refractivity contribution is 5.23. The van der Waals surface area contributed by atoms with Crippen LogP contribution in [0.1, 0.15) is 63.9 Å². The lowest BCUT2D eigenvalue weighted by Gasteiger charge is -2.39. The predicted octanol–water partition coefficient (Wildman–Crippen LogP) is 5.86. The Hall–Kier alpha value is -1.10. The first-order valence-corrected chi connectivity index (χ1v) is 9.21. The van der Waals surface area contributed by atoms with E-state index < -0.39 is 29.0 Å². The zero-order valence-corrected chi connectivity index (χ0v) is 14.7. The van der Waals surface area contributed by atoms with Gasteiger partial charge in [0.1, 0.15) is 0 Å². The first-order chi connectivity index (χ1) is 11.4. The van der Waals surface area contributed by atoms with Gasteiger partial charge in [-0.15, -0.1) is 0 Å². The lowest BCUT2D eigenvalue weighted by atomic mass is 9.68. The highest BCUT2D eigenvalue weighted by atomic mass is 19.3. The van der Waals surface area contributed by atoms with Crippen molar-refractivity contribution in [3.05, 3.63) is 35.4 Å². The fraction of sp³-hybridized carbons (Fsp3) is 0.700. The standard InChI is InChI=1S/C20H26F4.H2O/c1-13-2-4-14(5-3-13)15-6-8-16(9-7-15)20(23,24)17-10-11-18(21)19(22)12-17;/h10-16H,2-9H2,1H3;1H2. The number of alkyl halides is 2. The molecule has 0 atom stereocenters. The molecule has 2 aliphatic rings. The molecule has 2 N–H and O–H groups in total. The van der Waals surface area contributed by atoms with Crippen LogP contribution in [0.2, 0.25) is 0 Å². The molecule has 0 radical (unpaired) electrons. The van der Waals surface area contributed by atoms with Crippen molar-refractivity contribution in [3.8, 4) is 0 Å². The SMILES string of the molecule is CC1CCC(C2CCC(C(F)(F)c3ccc(F)c(F)c3)CC2)CC1.O. The number of benzene rings is 1. The minimum absolute atomic E-state index is 0. The second-order valence-corrected chi connectivity index (χ2v) is 7.88. The molecule has 0 spiro atoms. The van der Waals surface area contributed by atoms with Crippen molar-refractivity contribution < 1.29 is 23.0 Å². The van der Waals surface area contributed by atoms with Gasteiger partial charge in [-0.3, -0.25) is 0 Å². The first-order valence-electron chi connectivity index (χ1n) is 9.21. The van der Waals surface area contributed by atoms with Crippen molar-refractivity contribution in [3.63, 3.8) is 0 Å². The molecule has 0 aromatic heterocycles. The summed E-state index contributed by atoms with van der Waals surface area (Å²) in [4.78, 5) is 0. The Morgan fingerprint density at radius 1 is 0.800 bits per heavy atom. The zero-order chi connectivity index (χ0) is 17.3. The third-order valence-electron chi connectivity index (χ3n) is 6.32. The molecular formula is C20H28F4O. The van der Waals surface area contributed by atoms with Crippen LogP contribution in [0.25, 0.3) is 0 Å². The molecule has 1 aromatic rings. The summed E-state index contributed by atoms with van der Waals surface area (Å²) in [6.45, 7) is 2.29. The van der Waals surface area contributed by atoms with Crippen LogP contribution in [-0.2, 0) is 5.92 Å². The number of hydrogen-bond acceptors (Lipinski definition) is 0. The van der Waals surface area contributed by atoms with Gasteiger partial charge < -0.3 is 5.48 Å². The van der Waals surface area contributed by atoms with Crippen LogP contribution in [0.4, 0.5) is 17.6 Å². The molecule has 142 valence electrons. The number of rotatable bonds is 3. The lowest BCUT2D eigenvalue weighted by molar-refractivity contribution is -0.0855. The fourth-order valence-corrected chi connectivity index (χ4v) is 4.65. The Bertz CT molecular complexity index is 559. The Kier molecular flexibility index (Phi) is 6.52. The topological polar surface area (TPSA) is 31.5 Å². The average molecular weight is 360 g/mol. The lowest BCUT2D eigenvalue weighted by Crippen LogP contribution is -2.32. The highest BCUT2D eigenvalue weighted by Gasteiger charge is 2.44. The van der Waals surface area contributed by atoms with E-state index in [0.717, 1.165) is 30.9 Å². The third-order valence-corrected chi connectivity index (χ3v) is 6.32. The van der Waals surface area contributed by atoms with E-state index in [0.29, 0.717) is 30.7 Å². The molecule has 3 rings (SSSR count). The second kappa shape index (κ2) is 8.07. The van der Waals surface area contributed by atoms with E-state index in [1.54, 1.807) is 0 Å². The van der Waals surface area contributed by atoms with E-state index in [9.17, 15) is 17.6 Å². The second-order valence-electron chi connectivity index (χ2n) is 7.88. The fourth-order valence-electron chi connectivity index (χ4n) is 4.65. The van der Waals surface area contributed by atoms with Crippen molar-refractivity contribution in [2.45, 2.75) is 64.2 Å².